The largest absolute Gasteiger partial charge is 0.497 e. The van der Waals surface area contributed by atoms with Gasteiger partial charge >= 0.3 is 0 Å². The molecule has 1 saturated heterocycles. The highest BCUT2D eigenvalue weighted by Crippen LogP contribution is 2.35. The molecule has 4 rings (SSSR count). The third-order valence-corrected chi connectivity index (χ3v) is 6.11. The molecule has 0 radical (unpaired) electrons. The lowest BCUT2D eigenvalue weighted by molar-refractivity contribution is 0.0513. The SMILES string of the molecule is CN=C(NCCc1ccc2c(c1)OCO2)NCC1(c2ccc(OC)cc2)CCOCC1. The Morgan fingerprint density at radius 3 is 2.55 bits per heavy atom. The summed E-state index contributed by atoms with van der Waals surface area (Å²) in [7, 11) is 3.50. The second kappa shape index (κ2) is 9.92. The van der Waals surface area contributed by atoms with Crippen LogP contribution in [0.5, 0.6) is 17.2 Å². The lowest BCUT2D eigenvalue weighted by Gasteiger charge is -2.38. The van der Waals surface area contributed by atoms with Crippen LogP contribution in [0.3, 0.4) is 0 Å². The van der Waals surface area contributed by atoms with E-state index in [0.717, 1.165) is 68.8 Å². The molecule has 0 bridgehead atoms. The Morgan fingerprint density at radius 2 is 1.81 bits per heavy atom. The van der Waals surface area contributed by atoms with Crippen molar-refractivity contribution in [3.8, 4) is 17.2 Å². The molecule has 2 aromatic rings. The first-order chi connectivity index (χ1) is 15.2. The fourth-order valence-corrected chi connectivity index (χ4v) is 4.17. The minimum atomic E-state index is 0.0134. The molecule has 2 aromatic carbocycles. The first-order valence-electron chi connectivity index (χ1n) is 10.8. The van der Waals surface area contributed by atoms with Crippen LogP contribution in [0.15, 0.2) is 47.5 Å². The number of aliphatic imine (C=N–C) groups is 1. The van der Waals surface area contributed by atoms with Crippen LogP contribution in [-0.4, -0.2) is 53.2 Å². The molecule has 7 heteroatoms. The van der Waals surface area contributed by atoms with Crippen molar-refractivity contribution in [2.45, 2.75) is 24.7 Å². The van der Waals surface area contributed by atoms with Crippen LogP contribution in [0.25, 0.3) is 0 Å². The summed E-state index contributed by atoms with van der Waals surface area (Å²) in [5, 5.41) is 6.97. The maximum absolute atomic E-state index is 5.65. The van der Waals surface area contributed by atoms with Gasteiger partial charge in [0.1, 0.15) is 5.75 Å². The first kappa shape index (κ1) is 21.3. The third-order valence-electron chi connectivity index (χ3n) is 6.11. The number of nitrogens with one attached hydrogen (secondary N) is 2. The fraction of sp³-hybridized carbons (Fsp3) is 0.458. The average Bonchev–Trinajstić information content (AvgIpc) is 3.30. The summed E-state index contributed by atoms with van der Waals surface area (Å²) < 4.78 is 21.8. The molecule has 7 nitrogen and oxygen atoms in total. The van der Waals surface area contributed by atoms with Crippen LogP contribution >= 0.6 is 0 Å². The van der Waals surface area contributed by atoms with Crippen LogP contribution < -0.4 is 24.8 Å². The summed E-state index contributed by atoms with van der Waals surface area (Å²) in [6, 6.07) is 14.5. The van der Waals surface area contributed by atoms with Crippen molar-refractivity contribution in [3.05, 3.63) is 53.6 Å². The van der Waals surface area contributed by atoms with Gasteiger partial charge in [0.25, 0.3) is 0 Å². The van der Waals surface area contributed by atoms with Crippen molar-refractivity contribution in [2.75, 3.05) is 47.3 Å². The Hall–Kier alpha value is -2.93. The Kier molecular flexibility index (Phi) is 6.82. The lowest BCUT2D eigenvalue weighted by atomic mass is 9.74. The van der Waals surface area contributed by atoms with Gasteiger partial charge in [-0.2, -0.15) is 0 Å². The highest BCUT2D eigenvalue weighted by atomic mass is 16.7. The molecule has 0 saturated carbocycles. The molecule has 2 aliphatic rings. The minimum absolute atomic E-state index is 0.0134. The number of rotatable bonds is 7. The van der Waals surface area contributed by atoms with Crippen LogP contribution in [0.2, 0.25) is 0 Å². The maximum Gasteiger partial charge on any atom is 0.231 e. The molecular formula is C24H31N3O4. The molecule has 2 N–H and O–H groups in total. The van der Waals surface area contributed by atoms with E-state index in [-0.39, 0.29) is 5.41 Å². The highest BCUT2D eigenvalue weighted by Gasteiger charge is 2.34. The summed E-state index contributed by atoms with van der Waals surface area (Å²) >= 11 is 0. The number of hydrogen-bond donors (Lipinski definition) is 2. The Bertz CT molecular complexity index is 892. The smallest absolute Gasteiger partial charge is 0.231 e. The van der Waals surface area contributed by atoms with Crippen molar-refractivity contribution >= 4 is 5.96 Å². The van der Waals surface area contributed by atoms with Gasteiger partial charge < -0.3 is 29.6 Å². The molecule has 0 atom stereocenters. The number of guanidine groups is 1. The Labute approximate surface area is 183 Å². The van der Waals surface area contributed by atoms with E-state index in [9.17, 15) is 0 Å². The van der Waals surface area contributed by atoms with Gasteiger partial charge in [0.05, 0.1) is 7.11 Å². The topological polar surface area (TPSA) is 73.3 Å². The predicted molar refractivity (Wildman–Crippen MR) is 120 cm³/mol. The summed E-state index contributed by atoms with van der Waals surface area (Å²) in [5.41, 5.74) is 2.52. The summed E-state index contributed by atoms with van der Waals surface area (Å²) in [6.07, 6.45) is 2.82. The molecule has 31 heavy (non-hydrogen) atoms. The van der Waals surface area contributed by atoms with Crippen molar-refractivity contribution in [3.63, 3.8) is 0 Å². The van der Waals surface area contributed by atoms with Crippen molar-refractivity contribution in [1.82, 2.24) is 10.6 Å². The zero-order valence-corrected chi connectivity index (χ0v) is 18.3. The van der Waals surface area contributed by atoms with E-state index in [1.165, 1.54) is 11.1 Å². The maximum atomic E-state index is 5.65. The summed E-state index contributed by atoms with van der Waals surface area (Å²) in [5.74, 6) is 3.32. The quantitative estimate of drug-likeness (QED) is 0.525. The number of hydrogen-bond acceptors (Lipinski definition) is 5. The van der Waals surface area contributed by atoms with Gasteiger partial charge in [0.15, 0.2) is 17.5 Å². The number of ether oxygens (including phenoxy) is 4. The Morgan fingerprint density at radius 1 is 1.03 bits per heavy atom. The standard InChI is InChI=1S/C24H31N3O4/c1-25-23(26-12-9-18-3-8-21-22(15-18)31-17-30-21)27-16-24(10-13-29-14-11-24)19-4-6-20(28-2)7-5-19/h3-8,15H,9-14,16-17H2,1-2H3,(H2,25,26,27). The molecule has 2 heterocycles. The van der Waals surface area contributed by atoms with E-state index in [0.29, 0.717) is 6.79 Å². The average molecular weight is 426 g/mol. The van der Waals surface area contributed by atoms with E-state index in [1.54, 1.807) is 14.2 Å². The Balaban J connectivity index is 1.34. The zero-order chi connectivity index (χ0) is 21.5. The van der Waals surface area contributed by atoms with E-state index < -0.39 is 0 Å². The minimum Gasteiger partial charge on any atom is -0.497 e. The normalized spacial score (nSPS) is 17.3. The number of methoxy groups -OCH3 is 1. The molecule has 0 unspecified atom stereocenters. The van der Waals surface area contributed by atoms with E-state index >= 15 is 0 Å². The molecule has 1 fully saturated rings. The molecule has 166 valence electrons. The zero-order valence-electron chi connectivity index (χ0n) is 18.3. The van der Waals surface area contributed by atoms with Crippen LogP contribution in [0, 0.1) is 0 Å². The second-order valence-electron chi connectivity index (χ2n) is 7.91. The van der Waals surface area contributed by atoms with Gasteiger partial charge in [-0.05, 0) is 54.7 Å². The van der Waals surface area contributed by atoms with Gasteiger partial charge in [-0.1, -0.05) is 18.2 Å². The highest BCUT2D eigenvalue weighted by molar-refractivity contribution is 5.79. The van der Waals surface area contributed by atoms with Gasteiger partial charge in [-0.25, -0.2) is 0 Å². The molecule has 0 aromatic heterocycles. The van der Waals surface area contributed by atoms with Gasteiger partial charge in [0.2, 0.25) is 6.79 Å². The van der Waals surface area contributed by atoms with E-state index in [1.807, 2.05) is 24.3 Å². The molecule has 0 amide bonds. The van der Waals surface area contributed by atoms with Crippen LogP contribution in [0.1, 0.15) is 24.0 Å². The molecule has 0 spiro atoms. The second-order valence-corrected chi connectivity index (χ2v) is 7.91. The number of nitrogens with zero attached hydrogens (tertiary/aromatic N) is 1. The van der Waals surface area contributed by atoms with Crippen molar-refractivity contribution in [2.24, 2.45) is 4.99 Å². The monoisotopic (exact) mass is 425 g/mol. The number of fused-ring (bicyclic) bond motifs is 1. The molecule has 0 aliphatic carbocycles. The fourth-order valence-electron chi connectivity index (χ4n) is 4.17. The molecule has 2 aliphatic heterocycles. The number of benzene rings is 2. The third kappa shape index (κ3) is 5.05. The summed E-state index contributed by atoms with van der Waals surface area (Å²) in [6.45, 7) is 3.41. The van der Waals surface area contributed by atoms with Crippen molar-refractivity contribution < 1.29 is 18.9 Å². The first-order valence-corrected chi connectivity index (χ1v) is 10.8. The van der Waals surface area contributed by atoms with Crippen LogP contribution in [-0.2, 0) is 16.6 Å². The summed E-state index contributed by atoms with van der Waals surface area (Å²) in [4.78, 5) is 4.41. The van der Waals surface area contributed by atoms with Gasteiger partial charge in [-0.15, -0.1) is 0 Å². The van der Waals surface area contributed by atoms with Gasteiger partial charge in [-0.3, -0.25) is 4.99 Å². The van der Waals surface area contributed by atoms with Crippen molar-refractivity contribution in [1.29, 1.82) is 0 Å². The predicted octanol–water partition coefficient (Wildman–Crippen LogP) is 2.88. The van der Waals surface area contributed by atoms with E-state index in [4.69, 9.17) is 18.9 Å². The van der Waals surface area contributed by atoms with Crippen LogP contribution in [0.4, 0.5) is 0 Å². The van der Waals surface area contributed by atoms with Gasteiger partial charge in [0, 0.05) is 38.8 Å². The lowest BCUT2D eigenvalue weighted by Crippen LogP contribution is -2.48. The van der Waals surface area contributed by atoms with E-state index in [2.05, 4.69) is 33.8 Å². The molecular weight excluding hydrogens is 394 g/mol.